The van der Waals surface area contributed by atoms with Gasteiger partial charge < -0.3 is 14.7 Å². The van der Waals surface area contributed by atoms with Crippen LogP contribution in [0.5, 0.6) is 0 Å². The second-order valence-electron chi connectivity index (χ2n) is 8.20. The number of benzene rings is 2. The summed E-state index contributed by atoms with van der Waals surface area (Å²) in [6.45, 7) is 2.15. The third-order valence-corrected chi connectivity index (χ3v) is 6.48. The Bertz CT molecular complexity index is 1210. The van der Waals surface area contributed by atoms with Crippen LogP contribution in [0.2, 0.25) is 0 Å². The predicted molar refractivity (Wildman–Crippen MR) is 117 cm³/mol. The van der Waals surface area contributed by atoms with E-state index in [2.05, 4.69) is 41.2 Å². The molecular formula is C25H26N2O2. The van der Waals surface area contributed by atoms with Crippen molar-refractivity contribution >= 4 is 27.8 Å². The molecule has 2 aromatic carbocycles. The zero-order chi connectivity index (χ0) is 20.0. The highest BCUT2D eigenvalue weighted by atomic mass is 16.5. The molecule has 2 heterocycles. The molecule has 4 aromatic rings. The van der Waals surface area contributed by atoms with E-state index in [0.717, 1.165) is 5.52 Å². The highest BCUT2D eigenvalue weighted by Crippen LogP contribution is 2.44. The number of H-pyrrole nitrogens is 2. The van der Waals surface area contributed by atoms with Crippen molar-refractivity contribution in [1.29, 1.82) is 0 Å². The van der Waals surface area contributed by atoms with Crippen molar-refractivity contribution in [1.82, 2.24) is 9.97 Å². The molecule has 0 unspecified atom stereocenters. The van der Waals surface area contributed by atoms with E-state index in [1.54, 1.807) is 0 Å². The van der Waals surface area contributed by atoms with E-state index in [9.17, 15) is 4.79 Å². The number of hydrogen-bond donors (Lipinski definition) is 2. The first-order chi connectivity index (χ1) is 14.2. The first-order valence-electron chi connectivity index (χ1n) is 10.5. The molecule has 0 amide bonds. The number of ether oxygens (including phenoxy) is 1. The van der Waals surface area contributed by atoms with Gasteiger partial charge in [0.25, 0.3) is 0 Å². The number of hydrogen-bond acceptors (Lipinski definition) is 2. The summed E-state index contributed by atoms with van der Waals surface area (Å²) in [7, 11) is 1.42. The van der Waals surface area contributed by atoms with Gasteiger partial charge in [0, 0.05) is 28.0 Å². The number of nitrogens with one attached hydrogen (secondary N) is 2. The van der Waals surface area contributed by atoms with Crippen LogP contribution in [0.3, 0.4) is 0 Å². The lowest BCUT2D eigenvalue weighted by atomic mass is 9.81. The van der Waals surface area contributed by atoms with Crippen molar-refractivity contribution in [3.8, 4) is 11.3 Å². The van der Waals surface area contributed by atoms with Gasteiger partial charge in [-0.2, -0.15) is 0 Å². The Morgan fingerprint density at radius 2 is 1.86 bits per heavy atom. The van der Waals surface area contributed by atoms with Gasteiger partial charge >= 0.3 is 5.97 Å². The van der Waals surface area contributed by atoms with Gasteiger partial charge in [-0.05, 0) is 55.0 Å². The van der Waals surface area contributed by atoms with Gasteiger partial charge in [-0.25, -0.2) is 4.79 Å². The van der Waals surface area contributed by atoms with Crippen LogP contribution in [-0.4, -0.2) is 23.0 Å². The maximum atomic E-state index is 12.1. The van der Waals surface area contributed by atoms with Crippen LogP contribution in [0, 0.1) is 6.92 Å². The minimum absolute atomic E-state index is 0.302. The van der Waals surface area contributed by atoms with Crippen LogP contribution < -0.4 is 0 Å². The van der Waals surface area contributed by atoms with Gasteiger partial charge in [0.2, 0.25) is 0 Å². The fourth-order valence-corrected chi connectivity index (χ4v) is 5.00. The summed E-state index contributed by atoms with van der Waals surface area (Å²) in [4.78, 5) is 19.2. The first kappa shape index (κ1) is 18.0. The lowest BCUT2D eigenvalue weighted by Crippen LogP contribution is -2.05. The molecule has 148 valence electrons. The number of aromatic amines is 2. The van der Waals surface area contributed by atoms with Gasteiger partial charge in [0.15, 0.2) is 0 Å². The molecule has 29 heavy (non-hydrogen) atoms. The Balaban J connectivity index is 1.77. The molecule has 0 atom stereocenters. The number of aryl methyl sites for hydroxylation is 1. The van der Waals surface area contributed by atoms with Gasteiger partial charge in [-0.1, -0.05) is 37.5 Å². The van der Waals surface area contributed by atoms with Crippen molar-refractivity contribution in [2.45, 2.75) is 44.9 Å². The van der Waals surface area contributed by atoms with E-state index >= 15 is 0 Å². The maximum absolute atomic E-state index is 12.1. The lowest BCUT2D eigenvalue weighted by molar-refractivity contribution is 0.0601. The van der Waals surface area contributed by atoms with Crippen LogP contribution in [-0.2, 0) is 4.74 Å². The summed E-state index contributed by atoms with van der Waals surface area (Å²) in [6.07, 6.45) is 8.34. The summed E-state index contributed by atoms with van der Waals surface area (Å²) in [5.74, 6) is 0.243. The predicted octanol–water partition coefficient (Wildman–Crippen LogP) is 6.46. The Hall–Kier alpha value is -3.01. The van der Waals surface area contributed by atoms with E-state index in [0.29, 0.717) is 11.5 Å². The second kappa shape index (κ2) is 7.11. The summed E-state index contributed by atoms with van der Waals surface area (Å²) < 4.78 is 4.93. The lowest BCUT2D eigenvalue weighted by Gasteiger charge is -2.23. The monoisotopic (exact) mass is 386 g/mol. The molecule has 0 aliphatic heterocycles. The summed E-state index contributed by atoms with van der Waals surface area (Å²) in [5.41, 5.74) is 7.81. The fraction of sp³-hybridized carbons (Fsp3) is 0.320. The Morgan fingerprint density at radius 3 is 2.66 bits per heavy atom. The Morgan fingerprint density at radius 1 is 1.03 bits per heavy atom. The number of carbonyl (C=O) groups is 1. The normalized spacial score (nSPS) is 15.2. The third kappa shape index (κ3) is 2.94. The van der Waals surface area contributed by atoms with E-state index in [4.69, 9.17) is 4.74 Å². The van der Waals surface area contributed by atoms with Crippen molar-refractivity contribution in [2.24, 2.45) is 0 Å². The number of esters is 1. The minimum atomic E-state index is -0.302. The molecule has 1 fully saturated rings. The molecule has 1 aliphatic carbocycles. The highest BCUT2D eigenvalue weighted by Gasteiger charge is 2.25. The molecular weight excluding hydrogens is 360 g/mol. The number of carbonyl (C=O) groups excluding carboxylic acids is 1. The smallest absolute Gasteiger partial charge is 0.337 e. The molecule has 0 radical (unpaired) electrons. The fourth-order valence-electron chi connectivity index (χ4n) is 5.00. The molecule has 2 aromatic heterocycles. The summed E-state index contributed by atoms with van der Waals surface area (Å²) >= 11 is 0. The van der Waals surface area contributed by atoms with Crippen molar-refractivity contribution < 1.29 is 9.53 Å². The van der Waals surface area contributed by atoms with E-state index < -0.39 is 0 Å². The van der Waals surface area contributed by atoms with Crippen molar-refractivity contribution in [3.05, 3.63) is 59.3 Å². The second-order valence-corrected chi connectivity index (χ2v) is 8.20. The topological polar surface area (TPSA) is 57.9 Å². The molecule has 2 N–H and O–H groups in total. The number of rotatable bonds is 3. The minimum Gasteiger partial charge on any atom is -0.465 e. The van der Waals surface area contributed by atoms with Gasteiger partial charge in [0.05, 0.1) is 23.9 Å². The third-order valence-electron chi connectivity index (χ3n) is 6.48. The molecule has 4 heteroatoms. The van der Waals surface area contributed by atoms with E-state index in [1.165, 1.54) is 77.9 Å². The molecule has 1 saturated carbocycles. The van der Waals surface area contributed by atoms with Crippen LogP contribution in [0.15, 0.2) is 42.6 Å². The SMILES string of the molecule is COC(=O)c1ccc2c(C3CCCCC3)c(-c3ccc(C)c4cc[nH]c34)[nH]c2c1. The quantitative estimate of drug-likeness (QED) is 0.397. The summed E-state index contributed by atoms with van der Waals surface area (Å²) in [6, 6.07) is 12.5. The molecule has 4 nitrogen and oxygen atoms in total. The highest BCUT2D eigenvalue weighted by molar-refractivity contribution is 6.02. The number of fused-ring (bicyclic) bond motifs is 2. The zero-order valence-corrected chi connectivity index (χ0v) is 17.0. The van der Waals surface area contributed by atoms with Crippen LogP contribution in [0.4, 0.5) is 0 Å². The maximum Gasteiger partial charge on any atom is 0.337 e. The Labute approximate surface area is 170 Å². The largest absolute Gasteiger partial charge is 0.465 e. The molecule has 5 rings (SSSR count). The zero-order valence-electron chi connectivity index (χ0n) is 17.0. The molecule has 0 spiro atoms. The van der Waals surface area contributed by atoms with Gasteiger partial charge in [-0.15, -0.1) is 0 Å². The Kier molecular flexibility index (Phi) is 4.42. The molecule has 1 aliphatic rings. The van der Waals surface area contributed by atoms with E-state index in [-0.39, 0.29) is 5.97 Å². The van der Waals surface area contributed by atoms with Crippen molar-refractivity contribution in [2.75, 3.05) is 7.11 Å². The molecule has 0 saturated heterocycles. The average Bonchev–Trinajstić information content (AvgIpc) is 3.39. The van der Waals surface area contributed by atoms with Gasteiger partial charge in [0.1, 0.15) is 0 Å². The first-order valence-corrected chi connectivity index (χ1v) is 10.5. The standard InChI is InChI=1S/C25H26N2O2/c1-15-8-10-20(23-18(15)12-13-26-23)24-22(16-6-4-3-5-7-16)19-11-9-17(25(28)29-2)14-21(19)27-24/h8-14,16,26-27H,3-7H2,1-2H3. The average molecular weight is 386 g/mol. The van der Waals surface area contributed by atoms with Crippen LogP contribution in [0.1, 0.15) is 59.5 Å². The van der Waals surface area contributed by atoms with Crippen LogP contribution in [0.25, 0.3) is 33.1 Å². The van der Waals surface area contributed by atoms with Gasteiger partial charge in [-0.3, -0.25) is 0 Å². The summed E-state index contributed by atoms with van der Waals surface area (Å²) in [5, 5.41) is 2.48. The number of aromatic nitrogens is 2. The molecule has 0 bridgehead atoms. The number of methoxy groups -OCH3 is 1. The van der Waals surface area contributed by atoms with E-state index in [1.807, 2.05) is 18.3 Å². The van der Waals surface area contributed by atoms with Crippen molar-refractivity contribution in [3.63, 3.8) is 0 Å². The van der Waals surface area contributed by atoms with Crippen LogP contribution >= 0.6 is 0 Å².